The summed E-state index contributed by atoms with van der Waals surface area (Å²) in [6, 6.07) is -0.0160. The second kappa shape index (κ2) is 4.22. The Balaban J connectivity index is 2.02. The Kier molecular flexibility index (Phi) is 2.77. The van der Waals surface area contributed by atoms with Crippen molar-refractivity contribution in [3.63, 3.8) is 0 Å². The van der Waals surface area contributed by atoms with E-state index in [4.69, 9.17) is 5.73 Å². The Morgan fingerprint density at radius 3 is 3.13 bits per heavy atom. The maximum Gasteiger partial charge on any atom is 0.213 e. The van der Waals surface area contributed by atoms with Crippen LogP contribution in [0.1, 0.15) is 24.5 Å². The minimum Gasteiger partial charge on any atom is -0.343 e. The third kappa shape index (κ3) is 2.21. The van der Waals surface area contributed by atoms with E-state index in [1.807, 2.05) is 11.5 Å². The van der Waals surface area contributed by atoms with Crippen LogP contribution in [0.25, 0.3) is 0 Å². The van der Waals surface area contributed by atoms with Crippen molar-refractivity contribution in [2.24, 2.45) is 5.73 Å². The van der Waals surface area contributed by atoms with Crippen LogP contribution in [-0.2, 0) is 13.0 Å². The molecule has 0 bridgehead atoms. The van der Waals surface area contributed by atoms with Crippen LogP contribution in [-0.4, -0.2) is 19.7 Å². The number of nitrogens with zero attached hydrogens (tertiary/aromatic N) is 4. The van der Waals surface area contributed by atoms with E-state index in [2.05, 4.69) is 19.6 Å². The molecule has 0 aliphatic rings. The molecule has 15 heavy (non-hydrogen) atoms. The smallest absolute Gasteiger partial charge is 0.213 e. The maximum absolute atomic E-state index is 5.80. The maximum atomic E-state index is 5.80. The Labute approximate surface area is 87.1 Å². The van der Waals surface area contributed by atoms with Gasteiger partial charge in [0.05, 0.1) is 12.0 Å². The molecular weight excluding hydrogens is 194 g/mol. The molecule has 0 saturated carbocycles. The van der Waals surface area contributed by atoms with Crippen molar-refractivity contribution in [1.29, 1.82) is 0 Å². The zero-order chi connectivity index (χ0) is 10.7. The van der Waals surface area contributed by atoms with E-state index in [0.717, 1.165) is 12.2 Å². The van der Waals surface area contributed by atoms with Gasteiger partial charge in [0, 0.05) is 25.2 Å². The minimum absolute atomic E-state index is 0.0160. The lowest BCUT2D eigenvalue weighted by atomic mass is 10.2. The highest BCUT2D eigenvalue weighted by atomic mass is 16.5. The molecule has 2 aromatic heterocycles. The average Bonchev–Trinajstić information content (AvgIpc) is 2.86. The summed E-state index contributed by atoms with van der Waals surface area (Å²) in [4.78, 5) is 8.01. The van der Waals surface area contributed by atoms with Crippen molar-refractivity contribution in [1.82, 2.24) is 19.7 Å². The fourth-order valence-corrected chi connectivity index (χ4v) is 1.42. The van der Waals surface area contributed by atoms with E-state index in [0.29, 0.717) is 12.2 Å². The molecule has 0 amide bonds. The SMILES string of the molecule is C[C@@H](N)c1cncn1CCc1ncon1. The second-order valence-corrected chi connectivity index (χ2v) is 3.40. The summed E-state index contributed by atoms with van der Waals surface area (Å²) < 4.78 is 6.65. The highest BCUT2D eigenvalue weighted by Gasteiger charge is 2.07. The third-order valence-electron chi connectivity index (χ3n) is 2.19. The van der Waals surface area contributed by atoms with E-state index in [1.165, 1.54) is 6.39 Å². The summed E-state index contributed by atoms with van der Waals surface area (Å²) in [6.45, 7) is 2.69. The Morgan fingerprint density at radius 1 is 1.60 bits per heavy atom. The van der Waals surface area contributed by atoms with Gasteiger partial charge in [-0.1, -0.05) is 5.16 Å². The molecule has 0 radical (unpaired) electrons. The first kappa shape index (κ1) is 9.85. The monoisotopic (exact) mass is 207 g/mol. The molecule has 80 valence electrons. The van der Waals surface area contributed by atoms with Crippen LogP contribution >= 0.6 is 0 Å². The highest BCUT2D eigenvalue weighted by molar-refractivity contribution is 5.03. The van der Waals surface area contributed by atoms with Crippen LogP contribution in [0.2, 0.25) is 0 Å². The van der Waals surface area contributed by atoms with Crippen molar-refractivity contribution in [3.8, 4) is 0 Å². The van der Waals surface area contributed by atoms with Crippen molar-refractivity contribution >= 4 is 0 Å². The first-order chi connectivity index (χ1) is 7.27. The number of imidazole rings is 1. The molecule has 6 nitrogen and oxygen atoms in total. The van der Waals surface area contributed by atoms with Gasteiger partial charge in [-0.3, -0.25) is 0 Å². The van der Waals surface area contributed by atoms with Crippen molar-refractivity contribution in [2.45, 2.75) is 25.9 Å². The molecule has 0 unspecified atom stereocenters. The van der Waals surface area contributed by atoms with Gasteiger partial charge >= 0.3 is 0 Å². The van der Waals surface area contributed by atoms with Gasteiger partial charge in [-0.2, -0.15) is 4.98 Å². The van der Waals surface area contributed by atoms with Gasteiger partial charge in [0.25, 0.3) is 0 Å². The van der Waals surface area contributed by atoms with Crippen LogP contribution in [0.5, 0.6) is 0 Å². The van der Waals surface area contributed by atoms with E-state index < -0.39 is 0 Å². The fourth-order valence-electron chi connectivity index (χ4n) is 1.42. The van der Waals surface area contributed by atoms with Crippen LogP contribution in [0.15, 0.2) is 23.4 Å². The fraction of sp³-hybridized carbons (Fsp3) is 0.444. The third-order valence-corrected chi connectivity index (χ3v) is 2.19. The molecular formula is C9H13N5O. The molecule has 0 spiro atoms. The van der Waals surface area contributed by atoms with Crippen molar-refractivity contribution in [2.75, 3.05) is 0 Å². The Morgan fingerprint density at radius 2 is 2.47 bits per heavy atom. The van der Waals surface area contributed by atoms with Gasteiger partial charge in [-0.15, -0.1) is 0 Å². The average molecular weight is 207 g/mol. The first-order valence-corrected chi connectivity index (χ1v) is 4.78. The molecule has 0 aliphatic carbocycles. The molecule has 2 heterocycles. The number of aryl methyl sites for hydroxylation is 2. The van der Waals surface area contributed by atoms with E-state index in [9.17, 15) is 0 Å². The summed E-state index contributed by atoms with van der Waals surface area (Å²) in [5.41, 5.74) is 6.81. The number of nitrogens with two attached hydrogens (primary N) is 1. The second-order valence-electron chi connectivity index (χ2n) is 3.40. The molecule has 1 atom stereocenters. The van der Waals surface area contributed by atoms with Crippen LogP contribution in [0.3, 0.4) is 0 Å². The molecule has 0 saturated heterocycles. The van der Waals surface area contributed by atoms with Gasteiger partial charge in [0.15, 0.2) is 5.82 Å². The first-order valence-electron chi connectivity index (χ1n) is 4.78. The van der Waals surface area contributed by atoms with E-state index in [1.54, 1.807) is 12.5 Å². The molecule has 2 aromatic rings. The van der Waals surface area contributed by atoms with E-state index in [-0.39, 0.29) is 6.04 Å². The molecule has 2 rings (SSSR count). The lowest BCUT2D eigenvalue weighted by Crippen LogP contribution is -2.13. The number of aromatic nitrogens is 4. The van der Waals surface area contributed by atoms with Gasteiger partial charge in [-0.05, 0) is 6.92 Å². The normalized spacial score (nSPS) is 12.9. The predicted octanol–water partition coefficient (Wildman–Crippen LogP) is 0.528. The summed E-state index contributed by atoms with van der Waals surface area (Å²) in [6.07, 6.45) is 5.59. The van der Waals surface area contributed by atoms with Crippen LogP contribution < -0.4 is 5.73 Å². The van der Waals surface area contributed by atoms with Gasteiger partial charge in [0.1, 0.15) is 0 Å². The van der Waals surface area contributed by atoms with Crippen LogP contribution in [0.4, 0.5) is 0 Å². The van der Waals surface area contributed by atoms with Crippen LogP contribution in [0, 0.1) is 0 Å². The lowest BCUT2D eigenvalue weighted by Gasteiger charge is -2.08. The summed E-state index contributed by atoms with van der Waals surface area (Å²) >= 11 is 0. The molecule has 0 fully saturated rings. The largest absolute Gasteiger partial charge is 0.343 e. The number of hydrogen-bond acceptors (Lipinski definition) is 5. The van der Waals surface area contributed by atoms with Crippen molar-refractivity contribution in [3.05, 3.63) is 30.4 Å². The topological polar surface area (TPSA) is 82.8 Å². The zero-order valence-corrected chi connectivity index (χ0v) is 8.50. The highest BCUT2D eigenvalue weighted by Crippen LogP contribution is 2.09. The summed E-state index contributed by atoms with van der Waals surface area (Å²) in [5, 5.41) is 3.74. The summed E-state index contributed by atoms with van der Waals surface area (Å²) in [5.74, 6) is 0.694. The minimum atomic E-state index is -0.0160. The Bertz CT molecular complexity index is 406. The van der Waals surface area contributed by atoms with Gasteiger partial charge in [0.2, 0.25) is 6.39 Å². The molecule has 6 heteroatoms. The summed E-state index contributed by atoms with van der Waals surface area (Å²) in [7, 11) is 0. The quantitative estimate of drug-likeness (QED) is 0.790. The van der Waals surface area contributed by atoms with Crippen molar-refractivity contribution < 1.29 is 4.52 Å². The van der Waals surface area contributed by atoms with Gasteiger partial charge in [-0.25, -0.2) is 4.98 Å². The lowest BCUT2D eigenvalue weighted by molar-refractivity contribution is 0.408. The zero-order valence-electron chi connectivity index (χ0n) is 8.50. The standard InChI is InChI=1S/C9H13N5O/c1-7(10)8-4-11-5-14(8)3-2-9-12-6-15-13-9/h4-7H,2-3,10H2,1H3/t7-/m1/s1. The molecule has 0 aromatic carbocycles. The van der Waals surface area contributed by atoms with E-state index >= 15 is 0 Å². The number of rotatable bonds is 4. The van der Waals surface area contributed by atoms with Gasteiger partial charge < -0.3 is 14.8 Å². The molecule has 0 aliphatic heterocycles. The molecule has 2 N–H and O–H groups in total. The number of hydrogen-bond donors (Lipinski definition) is 1. The Hall–Kier alpha value is -1.69. The predicted molar refractivity (Wildman–Crippen MR) is 52.8 cm³/mol.